The zero-order chi connectivity index (χ0) is 42.9. The number of fused-ring (bicyclic) bond motifs is 2. The number of piperazine rings is 1. The number of amides is 5. The van der Waals surface area contributed by atoms with E-state index in [9.17, 15) is 28.8 Å². The molecule has 3 N–H and O–H groups in total. The van der Waals surface area contributed by atoms with E-state index in [1.54, 1.807) is 36.5 Å². The first-order valence-corrected chi connectivity index (χ1v) is 21.3. The highest BCUT2D eigenvalue weighted by Crippen LogP contribution is 2.33. The Kier molecular flexibility index (Phi) is 11.4. The van der Waals surface area contributed by atoms with Crippen molar-refractivity contribution in [2.24, 2.45) is 0 Å². The Hall–Kier alpha value is -6.65. The van der Waals surface area contributed by atoms with E-state index in [0.717, 1.165) is 43.1 Å². The summed E-state index contributed by atoms with van der Waals surface area (Å²) in [5, 5.41) is 6.54. The van der Waals surface area contributed by atoms with Gasteiger partial charge in [-0.15, -0.1) is 0 Å². The fourth-order valence-corrected chi connectivity index (χ4v) is 9.03. The van der Waals surface area contributed by atoms with Gasteiger partial charge in [0.15, 0.2) is 5.78 Å². The first-order valence-electron chi connectivity index (χ1n) is 20.9. The van der Waals surface area contributed by atoms with Gasteiger partial charge in [0.2, 0.25) is 17.7 Å². The van der Waals surface area contributed by atoms with Gasteiger partial charge in [-0.1, -0.05) is 29.8 Å². The molecule has 0 bridgehead atoms. The molecule has 3 fully saturated rings. The van der Waals surface area contributed by atoms with Crippen molar-refractivity contribution in [2.45, 2.75) is 50.6 Å². The van der Waals surface area contributed by atoms with Crippen LogP contribution >= 0.6 is 11.6 Å². The van der Waals surface area contributed by atoms with Crippen LogP contribution in [0, 0.1) is 0 Å². The molecule has 6 heterocycles. The van der Waals surface area contributed by atoms with Crippen molar-refractivity contribution in [1.29, 1.82) is 0 Å². The number of nitrogens with zero attached hydrogens (tertiary/aromatic N) is 6. The molecule has 0 aliphatic carbocycles. The number of nitrogens with one attached hydrogen (secondary N) is 3. The van der Waals surface area contributed by atoms with Crippen molar-refractivity contribution >= 4 is 69.5 Å². The van der Waals surface area contributed by atoms with Gasteiger partial charge in [0.1, 0.15) is 35.3 Å². The summed E-state index contributed by atoms with van der Waals surface area (Å²) in [6.07, 6.45) is 6.02. The van der Waals surface area contributed by atoms with Crippen molar-refractivity contribution in [1.82, 2.24) is 35.0 Å². The molecule has 5 amide bonds. The lowest BCUT2D eigenvalue weighted by Gasteiger charge is -2.36. The molecule has 9 rings (SSSR count). The quantitative estimate of drug-likeness (QED) is 0.112. The minimum atomic E-state index is -1.00. The Labute approximate surface area is 361 Å². The smallest absolute Gasteiger partial charge is 0.262 e. The van der Waals surface area contributed by atoms with E-state index < -0.39 is 29.7 Å². The van der Waals surface area contributed by atoms with E-state index in [2.05, 4.69) is 35.4 Å². The number of aromatic nitrogens is 3. The summed E-state index contributed by atoms with van der Waals surface area (Å²) in [7, 11) is 0. The van der Waals surface area contributed by atoms with Gasteiger partial charge in [-0.3, -0.25) is 43.9 Å². The van der Waals surface area contributed by atoms with Crippen molar-refractivity contribution in [3.8, 4) is 11.5 Å². The number of H-pyrrole nitrogens is 1. The second-order valence-corrected chi connectivity index (χ2v) is 16.4. The third-order valence-corrected chi connectivity index (χ3v) is 12.3. The Morgan fingerprint density at radius 2 is 1.66 bits per heavy atom. The summed E-state index contributed by atoms with van der Waals surface area (Å²) in [6.45, 7) is 4.90. The maximum Gasteiger partial charge on any atom is 0.262 e. The molecule has 2 aromatic heterocycles. The molecular weight excluding hydrogens is 814 g/mol. The number of halogens is 1. The van der Waals surface area contributed by atoms with Gasteiger partial charge in [0.05, 0.1) is 27.1 Å². The molecule has 4 aliphatic rings. The number of ketones is 1. The van der Waals surface area contributed by atoms with Crippen LogP contribution < -0.4 is 20.3 Å². The fraction of sp³-hybridized carbons (Fsp3) is 0.333. The number of hydrogen-bond acceptors (Lipinski definition) is 12. The molecule has 0 radical (unpaired) electrons. The molecule has 16 nitrogen and oxygen atoms in total. The molecule has 62 heavy (non-hydrogen) atoms. The van der Waals surface area contributed by atoms with Gasteiger partial charge < -0.3 is 24.8 Å². The average Bonchev–Trinajstić information content (AvgIpc) is 3.82. The van der Waals surface area contributed by atoms with Gasteiger partial charge >= 0.3 is 0 Å². The fourth-order valence-electron chi connectivity index (χ4n) is 8.78. The molecule has 3 saturated heterocycles. The van der Waals surface area contributed by atoms with Crippen LogP contribution in [0.15, 0.2) is 79.3 Å². The second kappa shape index (κ2) is 17.4. The Morgan fingerprint density at radius 1 is 0.855 bits per heavy atom. The summed E-state index contributed by atoms with van der Waals surface area (Å²) in [5.74, 6) is -0.604. The zero-order valence-corrected chi connectivity index (χ0v) is 34.5. The summed E-state index contributed by atoms with van der Waals surface area (Å²) >= 11 is 6.63. The lowest BCUT2D eigenvalue weighted by Crippen LogP contribution is -2.54. The number of piperidine rings is 2. The van der Waals surface area contributed by atoms with Gasteiger partial charge in [0.25, 0.3) is 11.8 Å². The highest BCUT2D eigenvalue weighted by atomic mass is 35.5. The third-order valence-electron chi connectivity index (χ3n) is 12.0. The molecule has 2 unspecified atom stereocenters. The molecule has 17 heteroatoms. The first kappa shape index (κ1) is 40.7. The van der Waals surface area contributed by atoms with E-state index in [-0.39, 0.29) is 46.7 Å². The van der Waals surface area contributed by atoms with Crippen LogP contribution in [0.3, 0.4) is 0 Å². The molecule has 2 atom stereocenters. The number of aromatic amines is 1. The van der Waals surface area contributed by atoms with Gasteiger partial charge in [0, 0.05) is 81.7 Å². The highest BCUT2D eigenvalue weighted by Gasteiger charge is 2.45. The second-order valence-electron chi connectivity index (χ2n) is 16.0. The Balaban J connectivity index is 0.761. The predicted octanol–water partition coefficient (Wildman–Crippen LogP) is 5.04. The van der Waals surface area contributed by atoms with Gasteiger partial charge in [-0.25, -0.2) is 9.97 Å². The van der Waals surface area contributed by atoms with Gasteiger partial charge in [-0.05, 0) is 74.7 Å². The molecule has 0 spiro atoms. The number of benzene rings is 3. The number of para-hydroxylation sites is 1. The van der Waals surface area contributed by atoms with Gasteiger partial charge in [-0.2, -0.15) is 0 Å². The summed E-state index contributed by atoms with van der Waals surface area (Å²) in [6, 6.07) is 18.4. The first-order chi connectivity index (χ1) is 30.1. The standard InChI is InChI=1S/C45H44ClN9O7/c46-35-23-30(62-29-7-2-1-3-8-29)11-13-32(35)40(58)34-24-47-41-39(34)42(49-26-48-41)50-27-6-4-17-54(25-27)38(57)9-5-16-52-18-20-53(21-19-52)28-10-12-31-33(22-28)45(61)55(44(31)60)36-14-15-37(56)51-43(36)59/h1-3,7-8,10-13,22-24,26-27,36H,4-6,9,14-21,25H2,(H,51,56,59)(H2,47,48,49,50). The largest absolute Gasteiger partial charge is 0.457 e. The molecule has 5 aromatic rings. The maximum absolute atomic E-state index is 13.9. The van der Waals surface area contributed by atoms with Crippen molar-refractivity contribution in [3.05, 3.63) is 107 Å². The maximum atomic E-state index is 13.9. The number of likely N-dealkylation sites (tertiary alicyclic amines) is 1. The van der Waals surface area contributed by atoms with Crippen LogP contribution in [0.2, 0.25) is 5.02 Å². The topological polar surface area (TPSA) is 190 Å². The minimum absolute atomic E-state index is 0.0697. The van der Waals surface area contributed by atoms with Crippen LogP contribution in [0.4, 0.5) is 11.5 Å². The van der Waals surface area contributed by atoms with Crippen molar-refractivity contribution < 1.29 is 33.5 Å². The van der Waals surface area contributed by atoms with Crippen LogP contribution in [-0.2, 0) is 14.4 Å². The Morgan fingerprint density at radius 3 is 2.45 bits per heavy atom. The van der Waals surface area contributed by atoms with E-state index in [0.29, 0.717) is 78.5 Å². The number of anilines is 2. The number of carbonyl (C=O) groups is 6. The van der Waals surface area contributed by atoms with Crippen LogP contribution in [0.25, 0.3) is 11.0 Å². The molecule has 4 aliphatic heterocycles. The van der Waals surface area contributed by atoms with E-state index in [1.165, 1.54) is 6.33 Å². The lowest BCUT2D eigenvalue weighted by molar-refractivity contribution is -0.136. The van der Waals surface area contributed by atoms with E-state index in [4.69, 9.17) is 16.3 Å². The summed E-state index contributed by atoms with van der Waals surface area (Å²) in [4.78, 5) is 97.3. The number of ether oxygens (including phenoxy) is 1. The van der Waals surface area contributed by atoms with E-state index >= 15 is 0 Å². The average molecular weight is 858 g/mol. The predicted molar refractivity (Wildman–Crippen MR) is 230 cm³/mol. The summed E-state index contributed by atoms with van der Waals surface area (Å²) < 4.78 is 5.89. The normalized spacial score (nSPS) is 19.5. The van der Waals surface area contributed by atoms with Crippen molar-refractivity contribution in [3.63, 3.8) is 0 Å². The number of carbonyl (C=O) groups excluding carboxylic acids is 6. The highest BCUT2D eigenvalue weighted by molar-refractivity contribution is 6.36. The van der Waals surface area contributed by atoms with Crippen molar-refractivity contribution in [2.75, 3.05) is 56.0 Å². The molecule has 0 saturated carbocycles. The number of hydrogen-bond donors (Lipinski definition) is 3. The van der Waals surface area contributed by atoms with Crippen LogP contribution in [0.1, 0.15) is 75.2 Å². The third kappa shape index (κ3) is 8.22. The number of rotatable bonds is 12. The molecule has 3 aromatic carbocycles. The lowest BCUT2D eigenvalue weighted by atomic mass is 10.0. The SMILES string of the molecule is O=C1CCC(N2C(=O)c3ccc(N4CCN(CCCC(=O)N5CCCC(Nc6ncnc7[nH]cc(C(=O)c8ccc(Oc9ccccc9)cc8Cl)c67)C5)CC4)cc3C2=O)C(=O)N1. The number of imide groups is 2. The molecule has 318 valence electrons. The zero-order valence-electron chi connectivity index (χ0n) is 33.8. The van der Waals surface area contributed by atoms with Crippen LogP contribution in [0.5, 0.6) is 11.5 Å². The Bertz CT molecular complexity index is 2590. The molecular formula is C45H44ClN9O7. The monoisotopic (exact) mass is 857 g/mol. The van der Waals surface area contributed by atoms with E-state index in [1.807, 2.05) is 41.3 Å². The van der Waals surface area contributed by atoms with Crippen LogP contribution in [-0.4, -0.2) is 123 Å². The summed E-state index contributed by atoms with van der Waals surface area (Å²) in [5.41, 5.74) is 2.55. The minimum Gasteiger partial charge on any atom is -0.457 e.